The Morgan fingerprint density at radius 3 is 1.29 bits per heavy atom. The molecule has 2 saturated heterocycles. The van der Waals surface area contributed by atoms with E-state index in [0.717, 1.165) is 69.2 Å². The van der Waals surface area contributed by atoms with Crippen molar-refractivity contribution in [2.24, 2.45) is 0 Å². The lowest BCUT2D eigenvalue weighted by Gasteiger charge is -2.44. The monoisotopic (exact) mass is 1550 g/mol. The average molecular weight is 1550 g/mol. The van der Waals surface area contributed by atoms with Gasteiger partial charge in [-0.05, 0) is 31.0 Å². The molecule has 108 heavy (non-hydrogen) atoms. The molecule has 1 aromatic carbocycles. The average Bonchev–Trinajstić information content (AvgIpc) is 0.791. The normalized spacial score (nSPS) is 20.9. The first-order chi connectivity index (χ1) is 51.0. The maximum atomic E-state index is 14.5. The summed E-state index contributed by atoms with van der Waals surface area (Å²) in [5.41, 5.74) is 0.474. The molecule has 608 valence electrons. The smallest absolute Gasteiger partial charge is 0.304 e. The number of phenols is 1. The van der Waals surface area contributed by atoms with E-state index in [0.29, 0.717) is 5.56 Å². The number of carbonyl (C=O) groups is 15. The van der Waals surface area contributed by atoms with Crippen LogP contribution in [0.25, 0.3) is 0 Å². The Balaban J connectivity index is 1.85. The predicted octanol–water partition coefficient (Wildman–Crippen LogP) is -3.38. The lowest BCUT2D eigenvalue weighted by atomic mass is 9.96. The Labute approximate surface area is 622 Å². The van der Waals surface area contributed by atoms with E-state index in [1.807, 2.05) is 0 Å². The molecule has 2 aliphatic heterocycles. The molecule has 41 heteroatoms. The molecule has 2 heterocycles. The van der Waals surface area contributed by atoms with Gasteiger partial charge in [0.25, 0.3) is 0 Å². The maximum absolute atomic E-state index is 14.5. The highest BCUT2D eigenvalue weighted by Crippen LogP contribution is 2.30. The number of esters is 9. The topological polar surface area (TPSA) is 518 Å². The van der Waals surface area contributed by atoms with Crippen molar-refractivity contribution < 1.29 is 162 Å². The summed E-state index contributed by atoms with van der Waals surface area (Å²) in [6.45, 7) is 9.73. The van der Waals surface area contributed by atoms with Crippen molar-refractivity contribution in [3.8, 4) is 5.75 Å². The number of nitrogens with zero attached hydrogens (tertiary/aromatic N) is 1. The zero-order valence-corrected chi connectivity index (χ0v) is 62.6. The molecule has 0 saturated carbocycles. The number of aromatic hydroxyl groups is 1. The number of phenolic OH excluding ortho intramolecular Hbond substituents is 1. The molecule has 0 aliphatic carbocycles. The van der Waals surface area contributed by atoms with Gasteiger partial charge in [-0.25, -0.2) is 0 Å². The third-order valence-corrected chi connectivity index (χ3v) is 14.7. The Bertz CT molecular complexity index is 3110. The van der Waals surface area contributed by atoms with E-state index in [9.17, 15) is 77.0 Å². The summed E-state index contributed by atoms with van der Waals surface area (Å²) in [5.74, 6) is -11.1. The van der Waals surface area contributed by atoms with Crippen molar-refractivity contribution in [3.63, 3.8) is 0 Å². The number of carbonyl (C=O) groups excluding carboxylic acids is 15. The summed E-state index contributed by atoms with van der Waals surface area (Å²) in [7, 11) is 0. The predicted molar refractivity (Wildman–Crippen MR) is 360 cm³/mol. The standard InChI is InChI=1S/C67H101N7O34/c1-36(100-43(8)81)52(33-97-40(5)78)106-67(64(73-39(4)77)105-48(13)86)96-29-26-92-22-19-69-56(89)32-74(31-55(88)68-18-21-91-24-27-94-65-57(71-37(2)75)61(103-46(11)84)59(101-44(9)82)53(107-65)34-98-41(6)79)51(30-49-14-16-50(87)17-15-49)63(90)70-20-23-93-25-28-95-66-58(72-38(3)76)62(104-47(12)85)60(102-45(10)83)54(108-66)35-99-42(7)80/h14-17,36,51-54,57-62,64-67,87H,18-35H2,1-13H3,(H,68,88)(H,69,89)(H,70,90)(H,71,75)(H,72,76)(H,73,77). The van der Waals surface area contributed by atoms with Gasteiger partial charge in [-0.2, -0.15) is 0 Å². The molecule has 0 radical (unpaired) electrons. The third-order valence-electron chi connectivity index (χ3n) is 14.7. The lowest BCUT2D eigenvalue weighted by molar-refractivity contribution is -0.279. The van der Waals surface area contributed by atoms with E-state index in [1.54, 1.807) is 0 Å². The molecule has 15 unspecified atom stereocenters. The van der Waals surface area contributed by atoms with Gasteiger partial charge < -0.3 is 122 Å². The summed E-state index contributed by atoms with van der Waals surface area (Å²) in [5, 5.41) is 25.8. The Hall–Kier alpha value is -9.33. The Kier molecular flexibility index (Phi) is 42.6. The molecule has 2 aliphatic rings. The minimum atomic E-state index is -1.61. The number of hydrogen-bond donors (Lipinski definition) is 7. The van der Waals surface area contributed by atoms with Crippen molar-refractivity contribution in [3.05, 3.63) is 29.8 Å². The van der Waals surface area contributed by atoms with Gasteiger partial charge in [-0.3, -0.25) is 76.8 Å². The van der Waals surface area contributed by atoms with Crippen LogP contribution in [0.4, 0.5) is 0 Å². The lowest BCUT2D eigenvalue weighted by Crippen LogP contribution is -2.66. The van der Waals surface area contributed by atoms with Gasteiger partial charge in [0.05, 0.1) is 78.6 Å². The van der Waals surface area contributed by atoms with Gasteiger partial charge in [0.2, 0.25) is 48.0 Å². The van der Waals surface area contributed by atoms with Gasteiger partial charge in [-0.15, -0.1) is 0 Å². The van der Waals surface area contributed by atoms with E-state index in [-0.39, 0.29) is 91.3 Å². The van der Waals surface area contributed by atoms with Crippen LogP contribution >= 0.6 is 0 Å². The summed E-state index contributed by atoms with van der Waals surface area (Å²) < 4.78 is 101. The molecule has 1 aromatic rings. The number of ether oxygens (including phenoxy) is 18. The summed E-state index contributed by atoms with van der Waals surface area (Å²) >= 11 is 0. The molecule has 0 aromatic heterocycles. The fourth-order valence-electron chi connectivity index (χ4n) is 10.5. The fraction of sp³-hybridized carbons (Fsp3) is 0.687. The number of nitrogens with one attached hydrogen (secondary N) is 6. The van der Waals surface area contributed by atoms with Crippen molar-refractivity contribution in [2.75, 3.05) is 112 Å². The minimum absolute atomic E-state index is 0.110. The van der Waals surface area contributed by atoms with Crippen LogP contribution in [0, 0.1) is 0 Å². The molecule has 2 fully saturated rings. The van der Waals surface area contributed by atoms with E-state index in [2.05, 4.69) is 31.9 Å². The molecule has 0 spiro atoms. The van der Waals surface area contributed by atoms with Crippen molar-refractivity contribution >= 4 is 89.2 Å². The number of benzene rings is 1. The molecular formula is C67H101N7O34. The first-order valence-electron chi connectivity index (χ1n) is 34.2. The van der Waals surface area contributed by atoms with E-state index in [4.69, 9.17) is 85.3 Å². The van der Waals surface area contributed by atoms with Crippen LogP contribution in [0.1, 0.15) is 95.6 Å². The van der Waals surface area contributed by atoms with Gasteiger partial charge in [0.1, 0.15) is 62.1 Å². The second kappa shape index (κ2) is 49.6. The molecule has 6 amide bonds. The highest BCUT2D eigenvalue weighted by Gasteiger charge is 2.53. The van der Waals surface area contributed by atoms with Gasteiger partial charge in [0.15, 0.2) is 37.0 Å². The number of amides is 6. The molecule has 7 N–H and O–H groups in total. The SMILES string of the molecule is CC(=O)NC(OC(C)=O)C(OCCOCCNC(=O)CN(CC(=O)NCCOCCOC1OC(COC(C)=O)C(OC(C)=O)C(OC(C)=O)C1NC(C)=O)C(Cc1ccc(O)cc1)C(=O)NCCOCCOC1OC(COC(C)=O)C(OC(C)=O)C(OC(C)=O)C1NC(C)=O)OC(COC(C)=O)C(C)OC(C)=O. The molecular weight excluding hydrogens is 1450 g/mol. The van der Waals surface area contributed by atoms with Crippen LogP contribution in [-0.4, -0.2) is 303 Å². The zero-order chi connectivity index (χ0) is 80.6. The van der Waals surface area contributed by atoms with Crippen LogP contribution in [0.3, 0.4) is 0 Å². The Morgan fingerprint density at radius 1 is 0.472 bits per heavy atom. The molecule has 0 bridgehead atoms. The summed E-state index contributed by atoms with van der Waals surface area (Å²) in [6.07, 6.45) is -16.5. The minimum Gasteiger partial charge on any atom is -0.508 e. The van der Waals surface area contributed by atoms with Crippen LogP contribution in [0.15, 0.2) is 24.3 Å². The molecule has 3 rings (SSSR count). The first-order valence-corrected chi connectivity index (χ1v) is 34.2. The van der Waals surface area contributed by atoms with E-state index in [1.165, 1.54) is 49.9 Å². The zero-order valence-electron chi connectivity index (χ0n) is 62.6. The van der Waals surface area contributed by atoms with Crippen LogP contribution < -0.4 is 31.9 Å². The van der Waals surface area contributed by atoms with Gasteiger partial charge in [0, 0.05) is 103 Å². The van der Waals surface area contributed by atoms with E-state index < -0.39 is 214 Å². The summed E-state index contributed by atoms with van der Waals surface area (Å²) in [4.78, 5) is 189. The van der Waals surface area contributed by atoms with Crippen molar-refractivity contribution in [1.29, 1.82) is 0 Å². The molecule has 41 nitrogen and oxygen atoms in total. The third kappa shape index (κ3) is 37.5. The van der Waals surface area contributed by atoms with Gasteiger partial charge >= 0.3 is 53.7 Å². The quantitative estimate of drug-likeness (QED) is 0.0145. The number of rotatable bonds is 48. The largest absolute Gasteiger partial charge is 0.508 e. The van der Waals surface area contributed by atoms with Crippen LogP contribution in [0.2, 0.25) is 0 Å². The Morgan fingerprint density at radius 2 is 0.889 bits per heavy atom. The fourth-order valence-corrected chi connectivity index (χ4v) is 10.5. The van der Waals surface area contributed by atoms with Crippen molar-refractivity contribution in [1.82, 2.24) is 36.8 Å². The molecule has 15 atom stereocenters. The maximum Gasteiger partial charge on any atom is 0.304 e. The number of hydrogen-bond acceptors (Lipinski definition) is 35. The van der Waals surface area contributed by atoms with E-state index >= 15 is 0 Å². The first kappa shape index (κ1) is 92.9. The van der Waals surface area contributed by atoms with Crippen molar-refractivity contribution in [2.45, 2.75) is 188 Å². The van der Waals surface area contributed by atoms with Crippen LogP contribution in [0.5, 0.6) is 5.75 Å². The second-order valence-electron chi connectivity index (χ2n) is 24.1. The second-order valence-corrected chi connectivity index (χ2v) is 24.1. The summed E-state index contributed by atoms with van der Waals surface area (Å²) in [6, 6.07) is 1.91. The highest BCUT2D eigenvalue weighted by atomic mass is 16.7. The highest BCUT2D eigenvalue weighted by molar-refractivity contribution is 5.86. The van der Waals surface area contributed by atoms with Gasteiger partial charge in [-0.1, -0.05) is 12.1 Å². The van der Waals surface area contributed by atoms with Crippen LogP contribution in [-0.2, 0) is 164 Å².